The van der Waals surface area contributed by atoms with Gasteiger partial charge in [-0.15, -0.1) is 0 Å². The predicted molar refractivity (Wildman–Crippen MR) is 61.2 cm³/mol. The highest BCUT2D eigenvalue weighted by molar-refractivity contribution is 6.05. The average Bonchev–Trinajstić information content (AvgIpc) is 2.99. The Morgan fingerprint density at radius 1 is 1.56 bits per heavy atom. The van der Waals surface area contributed by atoms with Crippen LogP contribution in [-0.2, 0) is 4.74 Å². The lowest BCUT2D eigenvalue weighted by atomic mass is 10.3. The second-order valence-electron chi connectivity index (χ2n) is 3.31. The number of H-pyrrole nitrogens is 1. The summed E-state index contributed by atoms with van der Waals surface area (Å²) in [5, 5.41) is 8.68. The number of carbonyl (C=O) groups is 2. The Kier molecular flexibility index (Phi) is 3.42. The first kappa shape index (κ1) is 11.9. The number of aromatic amines is 1. The van der Waals surface area contributed by atoms with Crippen LogP contribution in [0, 0.1) is 0 Å². The molecule has 2 rings (SSSR count). The molecule has 0 aliphatic heterocycles. The van der Waals surface area contributed by atoms with Gasteiger partial charge in [-0.3, -0.25) is 9.89 Å². The molecule has 2 heterocycles. The van der Waals surface area contributed by atoms with Gasteiger partial charge in [-0.1, -0.05) is 0 Å². The SMILES string of the molecule is CCOC(=O)c1cn[nH]c1NC(=O)c1ccco1. The third-order valence-electron chi connectivity index (χ3n) is 2.12. The Labute approximate surface area is 102 Å². The van der Waals surface area contributed by atoms with Crippen LogP contribution in [0.3, 0.4) is 0 Å². The minimum Gasteiger partial charge on any atom is -0.462 e. The summed E-state index contributed by atoms with van der Waals surface area (Å²) < 4.78 is 9.75. The molecule has 0 aliphatic rings. The predicted octanol–water partition coefficient (Wildman–Crippen LogP) is 1.43. The number of ether oxygens (including phenoxy) is 1. The Morgan fingerprint density at radius 3 is 3.06 bits per heavy atom. The van der Waals surface area contributed by atoms with Crippen LogP contribution in [0.4, 0.5) is 5.82 Å². The van der Waals surface area contributed by atoms with Crippen LogP contribution in [0.1, 0.15) is 27.8 Å². The van der Waals surface area contributed by atoms with Crippen LogP contribution in [0.2, 0.25) is 0 Å². The number of aromatic nitrogens is 2. The number of esters is 1. The summed E-state index contributed by atoms with van der Waals surface area (Å²) in [6, 6.07) is 3.10. The van der Waals surface area contributed by atoms with Gasteiger partial charge in [0.1, 0.15) is 11.4 Å². The molecule has 2 aromatic heterocycles. The van der Waals surface area contributed by atoms with Gasteiger partial charge in [-0.25, -0.2) is 4.79 Å². The second kappa shape index (κ2) is 5.17. The zero-order valence-electron chi connectivity index (χ0n) is 9.60. The maximum absolute atomic E-state index is 11.7. The minimum absolute atomic E-state index is 0.138. The molecule has 0 fully saturated rings. The maximum atomic E-state index is 11.7. The van der Waals surface area contributed by atoms with Gasteiger partial charge in [0.2, 0.25) is 0 Å². The Bertz CT molecular complexity index is 544. The molecule has 0 saturated heterocycles. The van der Waals surface area contributed by atoms with E-state index in [0.29, 0.717) is 0 Å². The summed E-state index contributed by atoms with van der Waals surface area (Å²) in [4.78, 5) is 23.2. The summed E-state index contributed by atoms with van der Waals surface area (Å²) in [5.41, 5.74) is 0.164. The van der Waals surface area contributed by atoms with Gasteiger partial charge in [-0.05, 0) is 19.1 Å². The second-order valence-corrected chi connectivity index (χ2v) is 3.31. The molecule has 0 bridgehead atoms. The summed E-state index contributed by atoms with van der Waals surface area (Å²) in [6.07, 6.45) is 2.67. The van der Waals surface area contributed by atoms with E-state index in [-0.39, 0.29) is 23.7 Å². The van der Waals surface area contributed by atoms with E-state index >= 15 is 0 Å². The van der Waals surface area contributed by atoms with Crippen LogP contribution in [0.25, 0.3) is 0 Å². The van der Waals surface area contributed by atoms with Gasteiger partial charge in [0, 0.05) is 0 Å². The molecule has 0 radical (unpaired) electrons. The van der Waals surface area contributed by atoms with E-state index in [4.69, 9.17) is 9.15 Å². The fourth-order valence-corrected chi connectivity index (χ4v) is 1.33. The molecular formula is C11H11N3O4. The Balaban J connectivity index is 2.13. The lowest BCUT2D eigenvalue weighted by Gasteiger charge is -2.03. The molecule has 7 nitrogen and oxygen atoms in total. The van der Waals surface area contributed by atoms with Gasteiger partial charge in [0.05, 0.1) is 19.1 Å². The van der Waals surface area contributed by atoms with Gasteiger partial charge >= 0.3 is 5.97 Å². The molecule has 7 heteroatoms. The van der Waals surface area contributed by atoms with Crippen molar-refractivity contribution in [2.24, 2.45) is 0 Å². The quantitative estimate of drug-likeness (QED) is 0.799. The first-order chi connectivity index (χ1) is 8.72. The molecule has 0 saturated carbocycles. The molecule has 0 aliphatic carbocycles. The van der Waals surface area contributed by atoms with E-state index in [0.717, 1.165) is 0 Å². The first-order valence-corrected chi connectivity index (χ1v) is 5.27. The first-order valence-electron chi connectivity index (χ1n) is 5.27. The molecule has 0 atom stereocenters. The molecule has 94 valence electrons. The van der Waals surface area contributed by atoms with E-state index in [9.17, 15) is 9.59 Å². The molecule has 2 N–H and O–H groups in total. The number of anilines is 1. The molecule has 0 aromatic carbocycles. The van der Waals surface area contributed by atoms with E-state index in [1.807, 2.05) is 0 Å². The maximum Gasteiger partial charge on any atom is 0.343 e. The number of nitrogens with zero attached hydrogens (tertiary/aromatic N) is 1. The topological polar surface area (TPSA) is 97.2 Å². The average molecular weight is 249 g/mol. The summed E-state index contributed by atoms with van der Waals surface area (Å²) in [7, 11) is 0. The van der Waals surface area contributed by atoms with Crippen LogP contribution in [0.15, 0.2) is 29.0 Å². The van der Waals surface area contributed by atoms with Gasteiger partial charge < -0.3 is 14.5 Å². The van der Waals surface area contributed by atoms with Gasteiger partial charge in [0.15, 0.2) is 5.76 Å². The zero-order chi connectivity index (χ0) is 13.0. The van der Waals surface area contributed by atoms with Crippen molar-refractivity contribution in [3.05, 3.63) is 35.9 Å². The number of amides is 1. The normalized spacial score (nSPS) is 10.1. The summed E-state index contributed by atoms with van der Waals surface area (Å²) in [6.45, 7) is 1.94. The number of carbonyl (C=O) groups excluding carboxylic acids is 2. The van der Waals surface area contributed by atoms with Crippen molar-refractivity contribution < 1.29 is 18.7 Å². The van der Waals surface area contributed by atoms with Crippen LogP contribution in [-0.4, -0.2) is 28.7 Å². The van der Waals surface area contributed by atoms with E-state index < -0.39 is 11.9 Å². The highest BCUT2D eigenvalue weighted by atomic mass is 16.5. The largest absolute Gasteiger partial charge is 0.462 e. The number of hydrogen-bond donors (Lipinski definition) is 2. The lowest BCUT2D eigenvalue weighted by Crippen LogP contribution is -2.14. The van der Waals surface area contributed by atoms with Crippen LogP contribution >= 0.6 is 0 Å². The molecule has 2 aromatic rings. The fourth-order valence-electron chi connectivity index (χ4n) is 1.33. The standard InChI is InChI=1S/C11H11N3O4/c1-2-17-11(16)7-6-12-14-9(7)13-10(15)8-4-3-5-18-8/h3-6H,2H2,1H3,(H2,12,13,14,15). The number of rotatable bonds is 4. The molecule has 18 heavy (non-hydrogen) atoms. The molecule has 0 spiro atoms. The highest BCUT2D eigenvalue weighted by Gasteiger charge is 2.18. The van der Waals surface area contributed by atoms with Gasteiger partial charge in [-0.2, -0.15) is 5.10 Å². The number of nitrogens with one attached hydrogen (secondary N) is 2. The van der Waals surface area contributed by atoms with Crippen molar-refractivity contribution in [3.8, 4) is 0 Å². The number of hydrogen-bond acceptors (Lipinski definition) is 5. The van der Waals surface area contributed by atoms with Crippen molar-refractivity contribution >= 4 is 17.7 Å². The zero-order valence-corrected chi connectivity index (χ0v) is 9.60. The molecular weight excluding hydrogens is 238 g/mol. The smallest absolute Gasteiger partial charge is 0.343 e. The highest BCUT2D eigenvalue weighted by Crippen LogP contribution is 2.14. The Morgan fingerprint density at radius 2 is 2.39 bits per heavy atom. The number of furan rings is 1. The van der Waals surface area contributed by atoms with Crippen molar-refractivity contribution in [2.75, 3.05) is 11.9 Å². The third-order valence-corrected chi connectivity index (χ3v) is 2.12. The molecule has 1 amide bonds. The van der Waals surface area contributed by atoms with Crippen LogP contribution in [0.5, 0.6) is 0 Å². The third kappa shape index (κ3) is 2.40. The van der Waals surface area contributed by atoms with Crippen LogP contribution < -0.4 is 5.32 Å². The summed E-state index contributed by atoms with van der Waals surface area (Å²) >= 11 is 0. The lowest BCUT2D eigenvalue weighted by molar-refractivity contribution is 0.0527. The van der Waals surface area contributed by atoms with Crippen molar-refractivity contribution in [1.82, 2.24) is 10.2 Å². The Hall–Kier alpha value is -2.57. The van der Waals surface area contributed by atoms with Crippen molar-refractivity contribution in [3.63, 3.8) is 0 Å². The monoisotopic (exact) mass is 249 g/mol. The van der Waals surface area contributed by atoms with Gasteiger partial charge in [0.25, 0.3) is 5.91 Å². The summed E-state index contributed by atoms with van der Waals surface area (Å²) in [5.74, 6) is -0.718. The minimum atomic E-state index is -0.555. The van der Waals surface area contributed by atoms with Crippen molar-refractivity contribution in [2.45, 2.75) is 6.92 Å². The van der Waals surface area contributed by atoms with E-state index in [1.54, 1.807) is 13.0 Å². The van der Waals surface area contributed by atoms with E-state index in [1.165, 1.54) is 18.5 Å². The molecule has 0 unspecified atom stereocenters. The fraction of sp³-hybridized carbons (Fsp3) is 0.182. The van der Waals surface area contributed by atoms with E-state index in [2.05, 4.69) is 15.5 Å². The van der Waals surface area contributed by atoms with Crippen molar-refractivity contribution in [1.29, 1.82) is 0 Å².